The number of halogens is 3. The number of thiophene rings is 1. The fourth-order valence-electron chi connectivity index (χ4n) is 0.665. The zero-order valence-electron chi connectivity index (χ0n) is 6.39. The Labute approximate surface area is 98.5 Å². The van der Waals surface area contributed by atoms with Crippen molar-refractivity contribution in [2.45, 2.75) is 0 Å². The van der Waals surface area contributed by atoms with Crippen LogP contribution in [0.25, 0.3) is 6.08 Å². The molecule has 0 aliphatic carbocycles. The molecule has 70 valence electrons. The van der Waals surface area contributed by atoms with Gasteiger partial charge in [0.05, 0.1) is 5.88 Å². The Morgan fingerprint density at radius 2 is 2.38 bits per heavy atom. The third-order valence-electron chi connectivity index (χ3n) is 1.23. The minimum Gasteiger partial charge on any atom is -0.294 e. The van der Waals surface area contributed by atoms with Crippen LogP contribution in [0.1, 0.15) is 4.88 Å². The second-order valence-electron chi connectivity index (χ2n) is 2.20. The van der Waals surface area contributed by atoms with Crippen LogP contribution < -0.4 is 0 Å². The van der Waals surface area contributed by atoms with E-state index in [1.54, 1.807) is 6.08 Å². The predicted octanol–water partition coefficient (Wildman–Crippen LogP) is 3.99. The van der Waals surface area contributed by atoms with Gasteiger partial charge in [-0.25, -0.2) is 0 Å². The molecule has 1 heterocycles. The lowest BCUT2D eigenvalue weighted by atomic mass is 10.3. The second-order valence-corrected chi connectivity index (χ2v) is 5.01. The van der Waals surface area contributed by atoms with Crippen LogP contribution in [0.4, 0.5) is 0 Å². The summed E-state index contributed by atoms with van der Waals surface area (Å²) in [5.74, 6) is -0.0983. The SMILES string of the molecule is O=C(/C=C/c1cc(Br)c(Cl)s1)CCl. The molecule has 0 aromatic carbocycles. The number of hydrogen-bond donors (Lipinski definition) is 0. The quantitative estimate of drug-likeness (QED) is 0.609. The Kier molecular flexibility index (Phi) is 4.46. The first kappa shape index (κ1) is 11.2. The summed E-state index contributed by atoms with van der Waals surface area (Å²) in [5.41, 5.74) is 0. The van der Waals surface area contributed by atoms with Crippen molar-refractivity contribution in [3.8, 4) is 0 Å². The maximum atomic E-state index is 10.8. The van der Waals surface area contributed by atoms with Gasteiger partial charge in [0.2, 0.25) is 0 Å². The first-order valence-electron chi connectivity index (χ1n) is 3.35. The molecule has 1 aromatic heterocycles. The third-order valence-corrected chi connectivity index (χ3v) is 3.93. The second kappa shape index (κ2) is 5.15. The summed E-state index contributed by atoms with van der Waals surface area (Å²) in [6.07, 6.45) is 3.15. The topological polar surface area (TPSA) is 17.1 Å². The van der Waals surface area contributed by atoms with Crippen LogP contribution in [0.15, 0.2) is 16.6 Å². The summed E-state index contributed by atoms with van der Waals surface area (Å²) in [6, 6.07) is 1.85. The molecule has 13 heavy (non-hydrogen) atoms. The van der Waals surface area contributed by atoms with Crippen LogP contribution in [-0.4, -0.2) is 11.7 Å². The Morgan fingerprint density at radius 1 is 1.69 bits per heavy atom. The molecule has 0 saturated carbocycles. The van der Waals surface area contributed by atoms with E-state index in [0.29, 0.717) is 4.34 Å². The molecule has 0 amide bonds. The summed E-state index contributed by atoms with van der Waals surface area (Å²) < 4.78 is 1.52. The van der Waals surface area contributed by atoms with Crippen molar-refractivity contribution >= 4 is 62.3 Å². The van der Waals surface area contributed by atoms with Gasteiger partial charge in [-0.05, 0) is 34.1 Å². The standard InChI is InChI=1S/C8H5BrCl2OS/c9-7-3-6(13-8(7)11)2-1-5(12)4-10/h1-3H,4H2/b2-1+. The number of allylic oxidation sites excluding steroid dienone is 1. The first-order chi connectivity index (χ1) is 6.13. The average molecular weight is 300 g/mol. The van der Waals surface area contributed by atoms with Gasteiger partial charge in [-0.3, -0.25) is 4.79 Å². The molecule has 0 spiro atoms. The third kappa shape index (κ3) is 3.43. The largest absolute Gasteiger partial charge is 0.294 e. The minimum atomic E-state index is -0.109. The molecule has 0 atom stereocenters. The highest BCUT2D eigenvalue weighted by atomic mass is 79.9. The van der Waals surface area contributed by atoms with Crippen LogP contribution in [-0.2, 0) is 4.79 Å². The molecular weight excluding hydrogens is 295 g/mol. The highest BCUT2D eigenvalue weighted by molar-refractivity contribution is 9.10. The molecule has 1 aromatic rings. The van der Waals surface area contributed by atoms with Gasteiger partial charge in [0.1, 0.15) is 4.34 Å². The Bertz CT molecular complexity index is 326. The van der Waals surface area contributed by atoms with E-state index >= 15 is 0 Å². The fraction of sp³-hybridized carbons (Fsp3) is 0.125. The number of carbonyl (C=O) groups excluding carboxylic acids is 1. The lowest BCUT2D eigenvalue weighted by molar-refractivity contribution is -0.112. The van der Waals surface area contributed by atoms with Gasteiger partial charge in [-0.15, -0.1) is 22.9 Å². The molecule has 0 radical (unpaired) electrons. The van der Waals surface area contributed by atoms with E-state index in [9.17, 15) is 4.79 Å². The summed E-state index contributed by atoms with van der Waals surface area (Å²) in [7, 11) is 0. The van der Waals surface area contributed by atoms with Crippen molar-refractivity contribution in [3.63, 3.8) is 0 Å². The maximum Gasteiger partial charge on any atom is 0.170 e. The molecule has 0 aliphatic heterocycles. The number of hydrogen-bond acceptors (Lipinski definition) is 2. The van der Waals surface area contributed by atoms with Crippen molar-refractivity contribution < 1.29 is 4.79 Å². The van der Waals surface area contributed by atoms with E-state index in [-0.39, 0.29) is 11.7 Å². The van der Waals surface area contributed by atoms with Crippen molar-refractivity contribution in [2.24, 2.45) is 0 Å². The number of carbonyl (C=O) groups is 1. The predicted molar refractivity (Wildman–Crippen MR) is 61.8 cm³/mol. The van der Waals surface area contributed by atoms with Crippen molar-refractivity contribution in [1.29, 1.82) is 0 Å². The van der Waals surface area contributed by atoms with Gasteiger partial charge >= 0.3 is 0 Å². The molecular formula is C8H5BrCl2OS. The van der Waals surface area contributed by atoms with E-state index in [1.807, 2.05) is 6.07 Å². The van der Waals surface area contributed by atoms with E-state index in [2.05, 4.69) is 15.9 Å². The monoisotopic (exact) mass is 298 g/mol. The van der Waals surface area contributed by atoms with Gasteiger partial charge in [0.25, 0.3) is 0 Å². The minimum absolute atomic E-state index is 0.0107. The Balaban J connectivity index is 2.74. The number of ketones is 1. The summed E-state index contributed by atoms with van der Waals surface area (Å²) in [4.78, 5) is 11.7. The number of rotatable bonds is 3. The lowest BCUT2D eigenvalue weighted by Crippen LogP contribution is -1.90. The van der Waals surface area contributed by atoms with E-state index < -0.39 is 0 Å². The first-order valence-corrected chi connectivity index (χ1v) is 5.87. The van der Waals surface area contributed by atoms with E-state index in [1.165, 1.54) is 17.4 Å². The summed E-state index contributed by atoms with van der Waals surface area (Å²) >= 11 is 15.8. The molecule has 1 rings (SSSR count). The number of alkyl halides is 1. The van der Waals surface area contributed by atoms with Crippen molar-refractivity contribution in [3.05, 3.63) is 25.8 Å². The van der Waals surface area contributed by atoms with Gasteiger partial charge in [0.15, 0.2) is 5.78 Å². The van der Waals surface area contributed by atoms with Crippen LogP contribution in [0.5, 0.6) is 0 Å². The molecule has 0 saturated heterocycles. The molecule has 5 heteroatoms. The normalized spacial score (nSPS) is 11.0. The highest BCUT2D eigenvalue weighted by Gasteiger charge is 2.01. The van der Waals surface area contributed by atoms with Crippen LogP contribution in [0, 0.1) is 0 Å². The molecule has 0 bridgehead atoms. The molecule has 0 N–H and O–H groups in total. The highest BCUT2D eigenvalue weighted by Crippen LogP contribution is 2.32. The maximum absolute atomic E-state index is 10.8. The smallest absolute Gasteiger partial charge is 0.170 e. The zero-order chi connectivity index (χ0) is 9.84. The Morgan fingerprint density at radius 3 is 2.85 bits per heavy atom. The van der Waals surface area contributed by atoms with E-state index in [4.69, 9.17) is 23.2 Å². The molecule has 0 aliphatic rings. The lowest BCUT2D eigenvalue weighted by Gasteiger charge is -1.82. The zero-order valence-corrected chi connectivity index (χ0v) is 10.3. The van der Waals surface area contributed by atoms with Crippen molar-refractivity contribution in [2.75, 3.05) is 5.88 Å². The van der Waals surface area contributed by atoms with Gasteiger partial charge in [-0.1, -0.05) is 11.6 Å². The molecule has 0 unspecified atom stereocenters. The fourth-order valence-corrected chi connectivity index (χ4v) is 2.39. The van der Waals surface area contributed by atoms with Gasteiger partial charge in [0, 0.05) is 9.35 Å². The molecule has 0 fully saturated rings. The van der Waals surface area contributed by atoms with Crippen LogP contribution >= 0.6 is 50.5 Å². The summed E-state index contributed by atoms with van der Waals surface area (Å²) in [5, 5.41) is 0. The van der Waals surface area contributed by atoms with Crippen LogP contribution in [0.2, 0.25) is 4.34 Å². The van der Waals surface area contributed by atoms with E-state index in [0.717, 1.165) is 9.35 Å². The molecule has 1 nitrogen and oxygen atoms in total. The van der Waals surface area contributed by atoms with Gasteiger partial charge < -0.3 is 0 Å². The average Bonchev–Trinajstić information content (AvgIpc) is 2.42. The Hall–Kier alpha value is 0.170. The summed E-state index contributed by atoms with van der Waals surface area (Å²) in [6.45, 7) is 0. The van der Waals surface area contributed by atoms with Crippen LogP contribution in [0.3, 0.4) is 0 Å². The van der Waals surface area contributed by atoms with Crippen molar-refractivity contribution in [1.82, 2.24) is 0 Å². The van der Waals surface area contributed by atoms with Gasteiger partial charge in [-0.2, -0.15) is 0 Å².